The molecule has 1 aliphatic heterocycles. The van der Waals surface area contributed by atoms with E-state index in [2.05, 4.69) is 53.2 Å². The summed E-state index contributed by atoms with van der Waals surface area (Å²) in [7, 11) is 5.82. The number of rotatable bonds is 7. The van der Waals surface area contributed by atoms with Crippen LogP contribution in [0.4, 0.5) is 5.69 Å². The SMILES string of the molecule is CCNC(=NCC(c1ccco1)N(C)C)N1CCN(c2cccc(OC)c2)CC1.I. The molecule has 0 bridgehead atoms. The van der Waals surface area contributed by atoms with Crippen LogP contribution >= 0.6 is 24.0 Å². The van der Waals surface area contributed by atoms with Crippen LogP contribution < -0.4 is 15.0 Å². The lowest BCUT2D eigenvalue weighted by Crippen LogP contribution is -2.52. The van der Waals surface area contributed by atoms with Crippen molar-refractivity contribution in [2.75, 3.05) is 65.4 Å². The molecule has 3 rings (SSSR count). The molecule has 1 unspecified atom stereocenters. The maximum Gasteiger partial charge on any atom is 0.194 e. The van der Waals surface area contributed by atoms with Gasteiger partial charge in [-0.1, -0.05) is 6.07 Å². The first-order valence-corrected chi connectivity index (χ1v) is 10.2. The fraction of sp³-hybridized carbons (Fsp3) is 0.500. The van der Waals surface area contributed by atoms with Gasteiger partial charge in [-0.25, -0.2) is 0 Å². The molecule has 0 aliphatic carbocycles. The van der Waals surface area contributed by atoms with Gasteiger partial charge in [-0.3, -0.25) is 9.89 Å². The van der Waals surface area contributed by atoms with Crippen LogP contribution in [0.3, 0.4) is 0 Å². The van der Waals surface area contributed by atoms with Crippen LogP contribution in [0.2, 0.25) is 0 Å². The lowest BCUT2D eigenvalue weighted by Gasteiger charge is -2.38. The Morgan fingerprint density at radius 2 is 1.97 bits per heavy atom. The topological polar surface area (TPSA) is 56.5 Å². The van der Waals surface area contributed by atoms with Gasteiger partial charge in [0, 0.05) is 44.5 Å². The number of furan rings is 1. The molecule has 0 radical (unpaired) electrons. The van der Waals surface area contributed by atoms with E-state index in [1.165, 1.54) is 5.69 Å². The molecule has 0 saturated carbocycles. The van der Waals surface area contributed by atoms with Crippen molar-refractivity contribution in [1.29, 1.82) is 0 Å². The molecular weight excluding hydrogens is 493 g/mol. The second kappa shape index (κ2) is 12.0. The molecule has 8 heteroatoms. The number of aliphatic imine (C=N–C) groups is 1. The van der Waals surface area contributed by atoms with Gasteiger partial charge in [0.2, 0.25) is 0 Å². The zero-order chi connectivity index (χ0) is 20.6. The van der Waals surface area contributed by atoms with Crippen LogP contribution in [0.1, 0.15) is 18.7 Å². The molecule has 7 nitrogen and oxygen atoms in total. The number of methoxy groups -OCH3 is 1. The Bertz CT molecular complexity index is 774. The highest BCUT2D eigenvalue weighted by molar-refractivity contribution is 14.0. The van der Waals surface area contributed by atoms with Gasteiger partial charge in [-0.2, -0.15) is 0 Å². The molecule has 2 heterocycles. The zero-order valence-electron chi connectivity index (χ0n) is 18.4. The maximum absolute atomic E-state index is 5.61. The van der Waals surface area contributed by atoms with Crippen molar-refractivity contribution in [3.8, 4) is 5.75 Å². The Morgan fingerprint density at radius 1 is 1.20 bits per heavy atom. The molecule has 1 aromatic carbocycles. The molecule has 30 heavy (non-hydrogen) atoms. The number of hydrogen-bond donors (Lipinski definition) is 1. The summed E-state index contributed by atoms with van der Waals surface area (Å²) in [6, 6.07) is 12.3. The van der Waals surface area contributed by atoms with E-state index in [1.807, 2.05) is 24.3 Å². The van der Waals surface area contributed by atoms with Crippen LogP contribution in [0, 0.1) is 0 Å². The van der Waals surface area contributed by atoms with Crippen LogP contribution in [0.15, 0.2) is 52.1 Å². The molecular formula is C22H34IN5O2. The monoisotopic (exact) mass is 527 g/mol. The maximum atomic E-state index is 5.61. The summed E-state index contributed by atoms with van der Waals surface area (Å²) in [5, 5.41) is 3.45. The van der Waals surface area contributed by atoms with Crippen molar-refractivity contribution >= 4 is 35.6 Å². The number of halogens is 1. The van der Waals surface area contributed by atoms with Crippen LogP contribution in [-0.4, -0.2) is 76.2 Å². The lowest BCUT2D eigenvalue weighted by molar-refractivity contribution is 0.263. The summed E-state index contributed by atoms with van der Waals surface area (Å²) in [4.78, 5) is 11.8. The van der Waals surface area contributed by atoms with Crippen molar-refractivity contribution in [2.24, 2.45) is 4.99 Å². The van der Waals surface area contributed by atoms with E-state index >= 15 is 0 Å². The number of piperazine rings is 1. The summed E-state index contributed by atoms with van der Waals surface area (Å²) in [5.74, 6) is 2.81. The Morgan fingerprint density at radius 3 is 2.57 bits per heavy atom. The highest BCUT2D eigenvalue weighted by Gasteiger charge is 2.22. The average Bonchev–Trinajstić information content (AvgIpc) is 3.27. The molecule has 1 aromatic heterocycles. The predicted molar refractivity (Wildman–Crippen MR) is 133 cm³/mol. The van der Waals surface area contributed by atoms with E-state index in [0.717, 1.165) is 50.2 Å². The van der Waals surface area contributed by atoms with Crippen LogP contribution in [-0.2, 0) is 0 Å². The van der Waals surface area contributed by atoms with E-state index in [1.54, 1.807) is 13.4 Å². The summed E-state index contributed by atoms with van der Waals surface area (Å²) >= 11 is 0. The first-order chi connectivity index (χ1) is 14.1. The number of anilines is 1. The third kappa shape index (κ3) is 6.28. The normalized spacial score (nSPS) is 15.7. The van der Waals surface area contributed by atoms with Gasteiger partial charge in [0.1, 0.15) is 11.5 Å². The first kappa shape index (κ1) is 24.3. The van der Waals surface area contributed by atoms with Gasteiger partial charge in [0.25, 0.3) is 0 Å². The number of ether oxygens (including phenoxy) is 1. The van der Waals surface area contributed by atoms with Crippen LogP contribution in [0.25, 0.3) is 0 Å². The van der Waals surface area contributed by atoms with Gasteiger partial charge in [0.05, 0.1) is 26.0 Å². The van der Waals surface area contributed by atoms with Crippen LogP contribution in [0.5, 0.6) is 5.75 Å². The van der Waals surface area contributed by atoms with Crippen molar-refractivity contribution in [3.05, 3.63) is 48.4 Å². The van der Waals surface area contributed by atoms with Crippen molar-refractivity contribution in [2.45, 2.75) is 13.0 Å². The van der Waals surface area contributed by atoms with E-state index in [4.69, 9.17) is 14.1 Å². The smallest absolute Gasteiger partial charge is 0.194 e. The number of nitrogens with one attached hydrogen (secondary N) is 1. The third-order valence-corrected chi connectivity index (χ3v) is 5.24. The molecule has 1 fully saturated rings. The Hall–Kier alpha value is -1.94. The summed E-state index contributed by atoms with van der Waals surface area (Å²) in [5.41, 5.74) is 1.21. The molecule has 1 N–H and O–H groups in total. The highest BCUT2D eigenvalue weighted by Crippen LogP contribution is 2.22. The van der Waals surface area contributed by atoms with Crippen molar-refractivity contribution in [3.63, 3.8) is 0 Å². The first-order valence-electron chi connectivity index (χ1n) is 10.2. The van der Waals surface area contributed by atoms with Gasteiger partial charge in [-0.05, 0) is 45.3 Å². The van der Waals surface area contributed by atoms with Crippen molar-refractivity contribution in [1.82, 2.24) is 15.1 Å². The largest absolute Gasteiger partial charge is 0.497 e. The van der Waals surface area contributed by atoms with Gasteiger partial charge in [-0.15, -0.1) is 24.0 Å². The second-order valence-electron chi connectivity index (χ2n) is 7.37. The molecule has 0 spiro atoms. The minimum Gasteiger partial charge on any atom is -0.497 e. The number of hydrogen-bond acceptors (Lipinski definition) is 5. The van der Waals surface area contributed by atoms with E-state index in [0.29, 0.717) is 6.54 Å². The van der Waals surface area contributed by atoms with Crippen molar-refractivity contribution < 1.29 is 9.15 Å². The Labute approximate surface area is 197 Å². The number of nitrogens with zero attached hydrogens (tertiary/aromatic N) is 4. The standard InChI is InChI=1S/C22H33N5O2.HI/c1-5-23-22(24-17-20(25(2)3)21-10-7-15-29-21)27-13-11-26(12-14-27)18-8-6-9-19(16-18)28-4;/h6-10,15-16,20H,5,11-14,17H2,1-4H3,(H,23,24);1H. The fourth-order valence-corrected chi connectivity index (χ4v) is 3.57. The fourth-order valence-electron chi connectivity index (χ4n) is 3.57. The quantitative estimate of drug-likeness (QED) is 0.339. The molecule has 2 aromatic rings. The van der Waals surface area contributed by atoms with Gasteiger partial charge >= 0.3 is 0 Å². The minimum atomic E-state index is 0. The molecule has 1 atom stereocenters. The van der Waals surface area contributed by atoms with E-state index in [-0.39, 0.29) is 30.0 Å². The summed E-state index contributed by atoms with van der Waals surface area (Å²) in [6.45, 7) is 7.37. The number of benzene rings is 1. The second-order valence-corrected chi connectivity index (χ2v) is 7.37. The van der Waals surface area contributed by atoms with Gasteiger partial charge in [0.15, 0.2) is 5.96 Å². The number of likely N-dealkylation sites (N-methyl/N-ethyl adjacent to an activating group) is 1. The van der Waals surface area contributed by atoms with Gasteiger partial charge < -0.3 is 24.3 Å². The minimum absolute atomic E-state index is 0. The summed E-state index contributed by atoms with van der Waals surface area (Å²) in [6.07, 6.45) is 1.72. The predicted octanol–water partition coefficient (Wildman–Crippen LogP) is 3.30. The molecule has 0 amide bonds. The number of guanidine groups is 1. The molecule has 1 saturated heterocycles. The zero-order valence-corrected chi connectivity index (χ0v) is 20.7. The summed E-state index contributed by atoms with van der Waals surface area (Å²) < 4.78 is 11.0. The van der Waals surface area contributed by atoms with E-state index < -0.39 is 0 Å². The third-order valence-electron chi connectivity index (χ3n) is 5.24. The Balaban J connectivity index is 0.00000320. The average molecular weight is 527 g/mol. The molecule has 1 aliphatic rings. The highest BCUT2D eigenvalue weighted by atomic mass is 127. The van der Waals surface area contributed by atoms with E-state index in [9.17, 15) is 0 Å². The Kier molecular flexibility index (Phi) is 9.77. The lowest BCUT2D eigenvalue weighted by atomic mass is 10.2. The molecule has 166 valence electrons.